The van der Waals surface area contributed by atoms with Gasteiger partial charge in [0.2, 0.25) is 11.8 Å². The summed E-state index contributed by atoms with van der Waals surface area (Å²) >= 11 is 0. The van der Waals surface area contributed by atoms with Crippen LogP contribution < -0.4 is 10.6 Å². The van der Waals surface area contributed by atoms with E-state index in [4.69, 9.17) is 0 Å². The molecule has 4 aromatic rings. The molecule has 3 N–H and O–H groups in total. The first-order valence-electron chi connectivity index (χ1n) is 11.2. The largest absolute Gasteiger partial charge is 0.339 e. The number of nitrogens with zero attached hydrogens (tertiary/aromatic N) is 5. The Morgan fingerprint density at radius 3 is 2.71 bits per heavy atom. The van der Waals surface area contributed by atoms with Crippen LogP contribution in [0.3, 0.4) is 0 Å². The molecule has 5 heterocycles. The zero-order valence-corrected chi connectivity index (χ0v) is 19.3. The number of H-pyrrole nitrogens is 1. The van der Waals surface area contributed by atoms with Crippen LogP contribution in [0.25, 0.3) is 22.3 Å². The van der Waals surface area contributed by atoms with Crippen LogP contribution in [0.15, 0.2) is 43.0 Å². The molecule has 11 heteroatoms. The average Bonchev–Trinajstić information content (AvgIpc) is 3.55. The van der Waals surface area contributed by atoms with Crippen molar-refractivity contribution in [3.8, 4) is 11.3 Å². The normalized spacial score (nSPS) is 13.4. The number of hydrogen-bond donors (Lipinski definition) is 3. The van der Waals surface area contributed by atoms with E-state index >= 15 is 0 Å². The Morgan fingerprint density at radius 1 is 1.11 bits per heavy atom. The first kappa shape index (κ1) is 22.3. The van der Waals surface area contributed by atoms with Gasteiger partial charge in [-0.1, -0.05) is 0 Å². The maximum absolute atomic E-state index is 13.0. The van der Waals surface area contributed by atoms with Crippen LogP contribution in [0.1, 0.15) is 28.9 Å². The highest BCUT2D eigenvalue weighted by molar-refractivity contribution is 6.06. The number of nitrogens with one attached hydrogen (secondary N) is 3. The minimum absolute atomic E-state index is 0.00220. The molecule has 35 heavy (non-hydrogen) atoms. The number of fused-ring (bicyclic) bond motifs is 1. The molecule has 11 nitrogen and oxygen atoms in total. The van der Waals surface area contributed by atoms with E-state index in [2.05, 4.69) is 30.7 Å². The molecule has 5 rings (SSSR count). The number of anilines is 2. The fourth-order valence-electron chi connectivity index (χ4n) is 4.02. The van der Waals surface area contributed by atoms with Crippen molar-refractivity contribution < 1.29 is 14.4 Å². The predicted molar refractivity (Wildman–Crippen MR) is 130 cm³/mol. The van der Waals surface area contributed by atoms with Gasteiger partial charge in [0.25, 0.3) is 5.91 Å². The van der Waals surface area contributed by atoms with Crippen LogP contribution in [-0.4, -0.2) is 60.4 Å². The molecule has 1 aliphatic rings. The van der Waals surface area contributed by atoms with E-state index in [1.165, 1.54) is 17.3 Å². The zero-order valence-electron chi connectivity index (χ0n) is 19.3. The third kappa shape index (κ3) is 4.74. The summed E-state index contributed by atoms with van der Waals surface area (Å²) < 4.78 is 1.71. The summed E-state index contributed by atoms with van der Waals surface area (Å²) in [6, 6.07) is 5.33. The van der Waals surface area contributed by atoms with Crippen LogP contribution in [0.2, 0.25) is 0 Å². The Bertz CT molecular complexity index is 1450. The topological polar surface area (TPSA) is 138 Å². The molecule has 3 amide bonds. The van der Waals surface area contributed by atoms with Crippen molar-refractivity contribution in [2.24, 2.45) is 7.05 Å². The zero-order chi connectivity index (χ0) is 24.5. The van der Waals surface area contributed by atoms with Gasteiger partial charge in [-0.15, -0.1) is 0 Å². The summed E-state index contributed by atoms with van der Waals surface area (Å²) in [6.07, 6.45) is 7.91. The van der Waals surface area contributed by atoms with Crippen LogP contribution in [-0.2, 0) is 16.6 Å². The maximum atomic E-state index is 13.0. The van der Waals surface area contributed by atoms with Crippen LogP contribution >= 0.6 is 0 Å². The maximum Gasteiger partial charge on any atom is 0.257 e. The fraction of sp³-hybridized carbons (Fsp3) is 0.250. The molecule has 0 saturated carbocycles. The number of pyridine rings is 2. The molecule has 178 valence electrons. The van der Waals surface area contributed by atoms with Gasteiger partial charge in [0.1, 0.15) is 5.65 Å². The van der Waals surface area contributed by atoms with Gasteiger partial charge in [-0.25, -0.2) is 4.98 Å². The quantitative estimate of drug-likeness (QED) is 0.394. The number of carbonyl (C=O) groups is 3. The monoisotopic (exact) mass is 472 g/mol. The lowest BCUT2D eigenvalue weighted by Gasteiger charge is -2.15. The summed E-state index contributed by atoms with van der Waals surface area (Å²) in [7, 11) is 1.85. The minimum Gasteiger partial charge on any atom is -0.339 e. The Morgan fingerprint density at radius 2 is 1.97 bits per heavy atom. The van der Waals surface area contributed by atoms with E-state index in [0.717, 1.165) is 23.1 Å². The number of rotatable bonds is 6. The third-order valence-electron chi connectivity index (χ3n) is 5.87. The van der Waals surface area contributed by atoms with Crippen LogP contribution in [0.5, 0.6) is 0 Å². The Kier molecular flexibility index (Phi) is 5.73. The Balaban J connectivity index is 1.29. The van der Waals surface area contributed by atoms with E-state index in [9.17, 15) is 14.4 Å². The highest BCUT2D eigenvalue weighted by atomic mass is 16.2. The van der Waals surface area contributed by atoms with E-state index in [1.807, 2.05) is 19.3 Å². The van der Waals surface area contributed by atoms with Crippen LogP contribution in [0, 0.1) is 6.92 Å². The van der Waals surface area contributed by atoms with Crippen molar-refractivity contribution in [1.29, 1.82) is 0 Å². The Labute approximate surface area is 200 Å². The fourth-order valence-corrected chi connectivity index (χ4v) is 4.02. The van der Waals surface area contributed by atoms with E-state index in [0.29, 0.717) is 41.2 Å². The standard InChI is InChI=1S/C24H24N8O3/c1-14-19(8-18(11-25-14)28-21(33)13-32-5-3-4-22(32)34)30-24(35)16-6-15-7-20(29-23(15)26-9-16)17-10-27-31(2)12-17/h6-12H,3-5,13H2,1-2H3,(H,26,29)(H,28,33)(H,30,35). The van der Waals surface area contributed by atoms with E-state index in [1.54, 1.807) is 29.9 Å². The molecule has 1 aliphatic heterocycles. The number of aromatic amines is 1. The summed E-state index contributed by atoms with van der Waals surface area (Å²) in [4.78, 5) is 50.5. The second-order valence-corrected chi connectivity index (χ2v) is 8.53. The van der Waals surface area contributed by atoms with E-state index < -0.39 is 0 Å². The lowest BCUT2D eigenvalue weighted by molar-refractivity contribution is -0.131. The minimum atomic E-state index is -0.348. The molecule has 0 spiro atoms. The summed E-state index contributed by atoms with van der Waals surface area (Å²) in [5, 5.41) is 10.6. The molecule has 4 aromatic heterocycles. The van der Waals surface area contributed by atoms with Crippen molar-refractivity contribution >= 4 is 40.1 Å². The summed E-state index contributed by atoms with van der Waals surface area (Å²) in [5.74, 6) is -0.676. The number of aryl methyl sites for hydroxylation is 2. The molecule has 0 aliphatic carbocycles. The van der Waals surface area contributed by atoms with Crippen molar-refractivity contribution in [3.63, 3.8) is 0 Å². The van der Waals surface area contributed by atoms with Crippen molar-refractivity contribution in [2.75, 3.05) is 23.7 Å². The van der Waals surface area contributed by atoms with Gasteiger partial charge in [-0.05, 0) is 31.5 Å². The lowest BCUT2D eigenvalue weighted by Crippen LogP contribution is -2.34. The van der Waals surface area contributed by atoms with Gasteiger partial charge in [0.15, 0.2) is 0 Å². The number of hydrogen-bond acceptors (Lipinski definition) is 6. The number of amides is 3. The molecule has 0 unspecified atom stereocenters. The number of likely N-dealkylation sites (tertiary alicyclic amines) is 1. The molecule has 0 bridgehead atoms. The smallest absolute Gasteiger partial charge is 0.257 e. The Hall–Kier alpha value is -4.54. The van der Waals surface area contributed by atoms with Gasteiger partial charge >= 0.3 is 0 Å². The molecule has 1 saturated heterocycles. The second kappa shape index (κ2) is 9.01. The molecule has 1 fully saturated rings. The van der Waals surface area contributed by atoms with Gasteiger partial charge in [0, 0.05) is 43.4 Å². The lowest BCUT2D eigenvalue weighted by atomic mass is 10.2. The SMILES string of the molecule is Cc1ncc(NC(=O)CN2CCCC2=O)cc1NC(=O)c1cnc2[nH]c(-c3cnn(C)c3)cc2c1. The highest BCUT2D eigenvalue weighted by Crippen LogP contribution is 2.24. The second-order valence-electron chi connectivity index (χ2n) is 8.53. The molecular weight excluding hydrogens is 448 g/mol. The molecular formula is C24H24N8O3. The number of carbonyl (C=O) groups excluding carboxylic acids is 3. The number of aromatic nitrogens is 5. The van der Waals surface area contributed by atoms with Crippen molar-refractivity contribution in [2.45, 2.75) is 19.8 Å². The first-order chi connectivity index (χ1) is 16.9. The average molecular weight is 473 g/mol. The van der Waals surface area contributed by atoms with Gasteiger partial charge < -0.3 is 20.5 Å². The van der Waals surface area contributed by atoms with Gasteiger partial charge in [-0.3, -0.25) is 24.0 Å². The first-order valence-corrected chi connectivity index (χ1v) is 11.2. The predicted octanol–water partition coefficient (Wildman–Crippen LogP) is 2.48. The van der Waals surface area contributed by atoms with Gasteiger partial charge in [0.05, 0.1) is 47.3 Å². The summed E-state index contributed by atoms with van der Waals surface area (Å²) in [5.41, 5.74) is 4.33. The molecule has 0 aromatic carbocycles. The third-order valence-corrected chi connectivity index (χ3v) is 5.87. The molecule has 0 radical (unpaired) electrons. The summed E-state index contributed by atoms with van der Waals surface area (Å²) in [6.45, 7) is 2.35. The van der Waals surface area contributed by atoms with Gasteiger partial charge in [-0.2, -0.15) is 5.10 Å². The van der Waals surface area contributed by atoms with Crippen molar-refractivity contribution in [3.05, 3.63) is 54.2 Å². The molecule has 0 atom stereocenters. The highest BCUT2D eigenvalue weighted by Gasteiger charge is 2.22. The van der Waals surface area contributed by atoms with E-state index in [-0.39, 0.29) is 24.3 Å². The van der Waals surface area contributed by atoms with Crippen LogP contribution in [0.4, 0.5) is 11.4 Å². The van der Waals surface area contributed by atoms with Crippen molar-refractivity contribution in [1.82, 2.24) is 29.6 Å².